The molecule has 1 aromatic rings. The summed E-state index contributed by atoms with van der Waals surface area (Å²) in [5.74, 6) is 6.62. The highest BCUT2D eigenvalue weighted by Crippen LogP contribution is 2.06. The van der Waals surface area contributed by atoms with E-state index in [0.717, 1.165) is 19.5 Å². The third-order valence-electron chi connectivity index (χ3n) is 2.70. The highest BCUT2D eigenvalue weighted by atomic mass is 15.3. The maximum atomic E-state index is 5.43. The Morgan fingerprint density at radius 3 is 2.67 bits per heavy atom. The largest absolute Gasteiger partial charge is 0.355 e. The zero-order valence-corrected chi connectivity index (χ0v) is 11.5. The molecule has 0 unspecified atom stereocenters. The van der Waals surface area contributed by atoms with E-state index in [9.17, 15) is 0 Å². The average molecular weight is 248 g/mol. The van der Waals surface area contributed by atoms with Crippen molar-refractivity contribution in [2.24, 2.45) is 16.8 Å². The maximum Gasteiger partial charge on any atom is 0.205 e. The van der Waals surface area contributed by atoms with Gasteiger partial charge in [-0.3, -0.25) is 10.4 Å². The number of aryl methyl sites for hydroxylation is 1. The van der Waals surface area contributed by atoms with Crippen LogP contribution in [0.3, 0.4) is 0 Å². The number of aliphatic imine (C=N–C) groups is 1. The summed E-state index contributed by atoms with van der Waals surface area (Å²) in [5, 5.41) is 3.21. The third kappa shape index (κ3) is 5.19. The van der Waals surface area contributed by atoms with Gasteiger partial charge in [0.1, 0.15) is 0 Å². The van der Waals surface area contributed by atoms with Crippen LogP contribution in [0.5, 0.6) is 0 Å². The molecule has 100 valence electrons. The predicted octanol–water partition coefficient (Wildman–Crippen LogP) is 1.60. The number of hydrogen-bond donors (Lipinski definition) is 3. The van der Waals surface area contributed by atoms with Gasteiger partial charge in [-0.15, -0.1) is 0 Å². The summed E-state index contributed by atoms with van der Waals surface area (Å²) in [6, 6.07) is 8.41. The van der Waals surface area contributed by atoms with Gasteiger partial charge in [0, 0.05) is 13.1 Å². The van der Waals surface area contributed by atoms with Gasteiger partial charge in [-0.25, -0.2) is 5.84 Å². The van der Waals surface area contributed by atoms with Crippen molar-refractivity contribution in [1.82, 2.24) is 10.7 Å². The molecule has 1 rings (SSSR count). The molecule has 0 amide bonds. The molecule has 18 heavy (non-hydrogen) atoms. The van der Waals surface area contributed by atoms with E-state index >= 15 is 0 Å². The Balaban J connectivity index is 2.40. The van der Waals surface area contributed by atoms with Gasteiger partial charge in [0.25, 0.3) is 0 Å². The van der Waals surface area contributed by atoms with Crippen molar-refractivity contribution < 1.29 is 0 Å². The van der Waals surface area contributed by atoms with Crippen LogP contribution in [0.1, 0.15) is 25.0 Å². The Hall–Kier alpha value is -1.55. The lowest BCUT2D eigenvalue weighted by molar-refractivity contribution is 0.656. The van der Waals surface area contributed by atoms with Crippen LogP contribution in [-0.4, -0.2) is 19.0 Å². The van der Waals surface area contributed by atoms with E-state index in [1.54, 1.807) is 0 Å². The van der Waals surface area contributed by atoms with Gasteiger partial charge in [-0.1, -0.05) is 38.1 Å². The molecule has 0 saturated carbocycles. The fourth-order valence-corrected chi connectivity index (χ4v) is 1.63. The van der Waals surface area contributed by atoms with Crippen molar-refractivity contribution >= 4 is 5.96 Å². The van der Waals surface area contributed by atoms with Crippen molar-refractivity contribution in [2.75, 3.05) is 13.1 Å². The average Bonchev–Trinajstić information content (AvgIpc) is 2.35. The summed E-state index contributed by atoms with van der Waals surface area (Å²) in [7, 11) is 0. The van der Waals surface area contributed by atoms with Crippen LogP contribution in [0.15, 0.2) is 29.3 Å². The molecule has 0 spiro atoms. The quantitative estimate of drug-likeness (QED) is 0.321. The normalized spacial score (nSPS) is 11.7. The van der Waals surface area contributed by atoms with Crippen molar-refractivity contribution in [2.45, 2.75) is 27.2 Å². The topological polar surface area (TPSA) is 62.4 Å². The number of benzene rings is 1. The molecule has 0 aliphatic carbocycles. The molecular formula is C14H24N4. The van der Waals surface area contributed by atoms with Crippen molar-refractivity contribution in [1.29, 1.82) is 0 Å². The van der Waals surface area contributed by atoms with Gasteiger partial charge in [-0.05, 0) is 30.4 Å². The van der Waals surface area contributed by atoms with Gasteiger partial charge in [0.2, 0.25) is 5.96 Å². The summed E-state index contributed by atoms with van der Waals surface area (Å²) >= 11 is 0. The standard InChI is InChI=1S/C14H24N4/c1-11(2)10-17-14(18-15)16-9-8-13-7-5-4-6-12(13)3/h4-7,11H,8-10,15H2,1-3H3,(H2,16,17,18). The first kappa shape index (κ1) is 14.5. The Morgan fingerprint density at radius 1 is 1.33 bits per heavy atom. The van der Waals surface area contributed by atoms with E-state index in [-0.39, 0.29) is 0 Å². The van der Waals surface area contributed by atoms with E-state index < -0.39 is 0 Å². The van der Waals surface area contributed by atoms with E-state index in [4.69, 9.17) is 5.84 Å². The van der Waals surface area contributed by atoms with Gasteiger partial charge >= 0.3 is 0 Å². The zero-order valence-electron chi connectivity index (χ0n) is 11.5. The maximum absolute atomic E-state index is 5.43. The van der Waals surface area contributed by atoms with Gasteiger partial charge in [-0.2, -0.15) is 0 Å². The molecule has 4 nitrogen and oxygen atoms in total. The molecule has 0 heterocycles. The molecule has 0 aliphatic heterocycles. The molecule has 0 atom stereocenters. The summed E-state index contributed by atoms with van der Waals surface area (Å²) < 4.78 is 0. The number of nitrogens with zero attached hydrogens (tertiary/aromatic N) is 1. The van der Waals surface area contributed by atoms with Crippen LogP contribution >= 0.6 is 0 Å². The van der Waals surface area contributed by atoms with E-state index in [2.05, 4.69) is 60.8 Å². The summed E-state index contributed by atoms with van der Waals surface area (Å²) in [5.41, 5.74) is 5.27. The predicted molar refractivity (Wildman–Crippen MR) is 77.3 cm³/mol. The Bertz CT molecular complexity index is 385. The van der Waals surface area contributed by atoms with Crippen LogP contribution < -0.4 is 16.6 Å². The summed E-state index contributed by atoms with van der Waals surface area (Å²) in [6.07, 6.45) is 0.967. The smallest absolute Gasteiger partial charge is 0.205 e. The molecule has 0 bridgehead atoms. The second-order valence-corrected chi connectivity index (χ2v) is 4.83. The second-order valence-electron chi connectivity index (χ2n) is 4.83. The number of nitrogens with one attached hydrogen (secondary N) is 2. The number of hydrazine groups is 1. The van der Waals surface area contributed by atoms with Gasteiger partial charge in [0.15, 0.2) is 0 Å². The van der Waals surface area contributed by atoms with Crippen LogP contribution in [0.25, 0.3) is 0 Å². The highest BCUT2D eigenvalue weighted by Gasteiger charge is 1.99. The lowest BCUT2D eigenvalue weighted by Crippen LogP contribution is -2.42. The van der Waals surface area contributed by atoms with Crippen LogP contribution in [-0.2, 0) is 6.42 Å². The third-order valence-corrected chi connectivity index (χ3v) is 2.70. The second kappa shape index (κ2) is 7.71. The van der Waals surface area contributed by atoms with Crippen molar-refractivity contribution in [3.8, 4) is 0 Å². The fourth-order valence-electron chi connectivity index (χ4n) is 1.63. The lowest BCUT2D eigenvalue weighted by atomic mass is 10.1. The molecule has 0 aliphatic rings. The first-order valence-corrected chi connectivity index (χ1v) is 6.43. The molecule has 1 aromatic carbocycles. The minimum absolute atomic E-state index is 0.534. The van der Waals surface area contributed by atoms with Crippen LogP contribution in [0, 0.1) is 12.8 Å². The van der Waals surface area contributed by atoms with Gasteiger partial charge < -0.3 is 5.32 Å². The minimum Gasteiger partial charge on any atom is -0.355 e. The van der Waals surface area contributed by atoms with Crippen LogP contribution in [0.4, 0.5) is 0 Å². The molecule has 4 heteroatoms. The molecule has 4 N–H and O–H groups in total. The Labute approximate surface area is 110 Å². The van der Waals surface area contributed by atoms with Gasteiger partial charge in [0.05, 0.1) is 0 Å². The number of guanidine groups is 1. The number of hydrogen-bond acceptors (Lipinski definition) is 2. The van der Waals surface area contributed by atoms with Crippen molar-refractivity contribution in [3.05, 3.63) is 35.4 Å². The Kier molecular flexibility index (Phi) is 6.22. The molecular weight excluding hydrogens is 224 g/mol. The first-order chi connectivity index (χ1) is 8.63. The fraction of sp³-hybridized carbons (Fsp3) is 0.500. The summed E-state index contributed by atoms with van der Waals surface area (Å²) in [4.78, 5) is 4.36. The zero-order chi connectivity index (χ0) is 13.4. The molecule has 0 saturated heterocycles. The monoisotopic (exact) mass is 248 g/mol. The number of nitrogens with two attached hydrogens (primary N) is 1. The minimum atomic E-state index is 0.534. The summed E-state index contributed by atoms with van der Waals surface area (Å²) in [6.45, 7) is 7.99. The molecule has 0 aromatic heterocycles. The van der Waals surface area contributed by atoms with Crippen molar-refractivity contribution in [3.63, 3.8) is 0 Å². The molecule has 0 radical (unpaired) electrons. The lowest BCUT2D eigenvalue weighted by Gasteiger charge is -2.11. The van der Waals surface area contributed by atoms with Crippen LogP contribution in [0.2, 0.25) is 0 Å². The first-order valence-electron chi connectivity index (χ1n) is 6.43. The number of rotatable bonds is 5. The molecule has 0 fully saturated rings. The SMILES string of the molecule is Cc1ccccc1CCNC(=NCC(C)C)NN. The van der Waals surface area contributed by atoms with E-state index in [1.807, 2.05) is 0 Å². The van der Waals surface area contributed by atoms with E-state index in [0.29, 0.717) is 11.9 Å². The van der Waals surface area contributed by atoms with E-state index in [1.165, 1.54) is 11.1 Å². The Morgan fingerprint density at radius 2 is 2.06 bits per heavy atom. The highest BCUT2D eigenvalue weighted by molar-refractivity contribution is 5.79.